The molecule has 1 radical (unpaired) electrons. The maximum Gasteiger partial charge on any atom is 0.0185 e. The Balaban J connectivity index is 0.000000370. The Morgan fingerprint density at radius 3 is 1.12 bits per heavy atom. The van der Waals surface area contributed by atoms with Crippen molar-refractivity contribution in [3.05, 3.63) is 226 Å². The molecule has 0 aliphatic heterocycles. The summed E-state index contributed by atoms with van der Waals surface area (Å²) in [5.41, 5.74) is 12.8. The van der Waals surface area contributed by atoms with E-state index in [0.29, 0.717) is 0 Å². The van der Waals surface area contributed by atoms with Gasteiger partial charge in [-0.25, -0.2) is 0 Å². The molecule has 297 valence electrons. The first kappa shape index (κ1) is 50.9. The van der Waals surface area contributed by atoms with Crippen molar-refractivity contribution in [2.75, 3.05) is 0 Å². The topological polar surface area (TPSA) is 0 Å². The fourth-order valence-corrected chi connectivity index (χ4v) is 6.91. The fraction of sp³-hybridized carbons (Fsp3) is 0.286. The predicted octanol–water partition coefficient (Wildman–Crippen LogP) is 16.1. The van der Waals surface area contributed by atoms with Gasteiger partial charge in [-0.05, 0) is 78.1 Å². The maximum absolute atomic E-state index is 2.93. The molecule has 7 aromatic rings. The second kappa shape index (κ2) is 26.8. The molecule has 0 fully saturated rings. The normalized spacial score (nSPS) is 13.7. The molecular weight excluding hydrogens is 762 g/mol. The molecule has 0 nitrogen and oxygen atoms in total. The molecule has 1 unspecified atom stereocenters. The Labute approximate surface area is 374 Å². The van der Waals surface area contributed by atoms with Gasteiger partial charge in [0.05, 0.1) is 0 Å². The Morgan fingerprint density at radius 2 is 0.754 bits per heavy atom. The van der Waals surface area contributed by atoms with Gasteiger partial charge in [0.1, 0.15) is 0 Å². The second-order valence-corrected chi connectivity index (χ2v) is 14.9. The summed E-state index contributed by atoms with van der Waals surface area (Å²) in [5, 5.41) is 2.75. The largest absolute Gasteiger partial charge is 0.184 e. The second-order valence-electron chi connectivity index (χ2n) is 14.9. The molecule has 0 spiro atoms. The van der Waals surface area contributed by atoms with Crippen LogP contribution in [0.3, 0.4) is 0 Å². The molecule has 1 heteroatoms. The van der Waals surface area contributed by atoms with Crippen molar-refractivity contribution in [2.24, 2.45) is 0 Å². The summed E-state index contributed by atoms with van der Waals surface area (Å²) in [7, 11) is 0. The van der Waals surface area contributed by atoms with Crippen molar-refractivity contribution >= 4 is 10.8 Å². The maximum atomic E-state index is 2.93. The number of hydrogen-bond acceptors (Lipinski definition) is 0. The summed E-state index contributed by atoms with van der Waals surface area (Å²) in [4.78, 5) is 0. The molecule has 57 heavy (non-hydrogen) atoms. The van der Waals surface area contributed by atoms with E-state index < -0.39 is 0 Å². The van der Waals surface area contributed by atoms with Gasteiger partial charge >= 0.3 is 0 Å². The molecule has 0 amide bonds. The van der Waals surface area contributed by atoms with Gasteiger partial charge in [0.15, 0.2) is 0 Å². The molecule has 1 atom stereocenters. The van der Waals surface area contributed by atoms with Crippen LogP contribution in [0, 0.1) is 53.7 Å². The van der Waals surface area contributed by atoms with Crippen molar-refractivity contribution in [1.29, 1.82) is 0 Å². The fourth-order valence-electron chi connectivity index (χ4n) is 6.91. The molecule has 0 N–H and O–H groups in total. The Kier molecular flexibility index (Phi) is 23.9. The number of aryl methyl sites for hydroxylation is 6. The van der Waals surface area contributed by atoms with Gasteiger partial charge in [-0.2, -0.15) is 71.8 Å². The van der Waals surface area contributed by atoms with Crippen molar-refractivity contribution in [1.82, 2.24) is 0 Å². The van der Waals surface area contributed by atoms with E-state index in [4.69, 9.17) is 0 Å². The molecule has 0 bridgehead atoms. The third-order valence-electron chi connectivity index (χ3n) is 9.80. The number of benzene rings is 7. The smallest absolute Gasteiger partial charge is 0.0185 e. The van der Waals surface area contributed by atoms with Gasteiger partial charge in [0.2, 0.25) is 0 Å². The van der Waals surface area contributed by atoms with Crippen molar-refractivity contribution in [3.63, 3.8) is 0 Å². The van der Waals surface area contributed by atoms with Crippen LogP contribution in [0.1, 0.15) is 105 Å². The van der Waals surface area contributed by atoms with E-state index in [0.717, 1.165) is 0 Å². The van der Waals surface area contributed by atoms with E-state index in [1.165, 1.54) is 67.3 Å². The summed E-state index contributed by atoms with van der Waals surface area (Å²) >= 11 is 0. The SMILES string of the molecule is CC.CC.Cc1cc[c-]cc1.Cc1cc[c-]cc1.Cc1ccc(C2(C)CC(C)(C)c3ccccc32)cc1.Cc1cccc2c(C)cccc12.Cc1ccccc1.[Y]. The summed E-state index contributed by atoms with van der Waals surface area (Å²) in [6.45, 7) is 27.8. The average molecular weight is 830 g/mol. The van der Waals surface area contributed by atoms with E-state index in [-0.39, 0.29) is 43.5 Å². The van der Waals surface area contributed by atoms with Crippen LogP contribution in [-0.2, 0) is 43.5 Å². The van der Waals surface area contributed by atoms with Crippen LogP contribution in [0.5, 0.6) is 0 Å². The Bertz CT molecular complexity index is 1950. The molecule has 0 aromatic heterocycles. The van der Waals surface area contributed by atoms with Gasteiger partial charge < -0.3 is 0 Å². The minimum absolute atomic E-state index is 0. The third-order valence-corrected chi connectivity index (χ3v) is 9.80. The van der Waals surface area contributed by atoms with Gasteiger partial charge in [-0.3, -0.25) is 0 Å². The number of fused-ring (bicyclic) bond motifs is 2. The zero-order chi connectivity index (χ0) is 41.6. The first-order valence-corrected chi connectivity index (χ1v) is 20.4. The summed E-state index contributed by atoms with van der Waals surface area (Å²) in [5.74, 6) is 0. The standard InChI is InChI=1S/C19H22.C12H12.C7H8.2C7H7.2C2H6.Y/c1-14-9-11-15(12-10-14)19(4)13-18(2,3)16-7-5-6-8-17(16)19;1-9-5-3-8-12-10(2)6-4-7-11(9)12;3*1-7-5-3-2-4-6-7;2*1-2;/h5-12H,13H2,1-4H3;3-8H,1-2H3;2-6H,1H3;2*3-6H,1H3;2*1-2H3;/q;;;2*-1;;;. The van der Waals surface area contributed by atoms with Crippen LogP contribution in [0.4, 0.5) is 0 Å². The van der Waals surface area contributed by atoms with Gasteiger partial charge in [0.25, 0.3) is 0 Å². The quantitative estimate of drug-likeness (QED) is 0.145. The molecule has 1 aliphatic rings. The molecule has 0 heterocycles. The van der Waals surface area contributed by atoms with Crippen molar-refractivity contribution < 1.29 is 32.7 Å². The molecule has 0 saturated heterocycles. The summed E-state index contributed by atoms with van der Waals surface area (Å²) in [6.07, 6.45) is 1.18. The summed E-state index contributed by atoms with van der Waals surface area (Å²) < 4.78 is 0. The van der Waals surface area contributed by atoms with Crippen molar-refractivity contribution in [2.45, 2.75) is 107 Å². The number of hydrogen-bond donors (Lipinski definition) is 0. The minimum atomic E-state index is 0. The first-order valence-electron chi connectivity index (χ1n) is 20.4. The first-order chi connectivity index (χ1) is 26.9. The zero-order valence-electron chi connectivity index (χ0n) is 37.4. The van der Waals surface area contributed by atoms with Gasteiger partial charge in [-0.1, -0.05) is 189 Å². The van der Waals surface area contributed by atoms with Crippen LogP contribution in [0.2, 0.25) is 0 Å². The molecule has 1 aliphatic carbocycles. The molecule has 7 aromatic carbocycles. The van der Waals surface area contributed by atoms with E-state index in [9.17, 15) is 0 Å². The Morgan fingerprint density at radius 1 is 0.386 bits per heavy atom. The number of rotatable bonds is 1. The van der Waals surface area contributed by atoms with Crippen LogP contribution in [-0.4, -0.2) is 0 Å². The zero-order valence-corrected chi connectivity index (χ0v) is 40.2. The Hall–Kier alpha value is -4.10. The van der Waals surface area contributed by atoms with Crippen LogP contribution < -0.4 is 0 Å². The van der Waals surface area contributed by atoms with E-state index in [1.54, 1.807) is 0 Å². The molecule has 0 saturated carbocycles. The monoisotopic (exact) mass is 829 g/mol. The summed E-state index contributed by atoms with van der Waals surface area (Å²) in [6, 6.07) is 62.8. The van der Waals surface area contributed by atoms with Crippen molar-refractivity contribution in [3.8, 4) is 0 Å². The van der Waals surface area contributed by atoms with Crippen LogP contribution in [0.25, 0.3) is 10.8 Å². The predicted molar refractivity (Wildman–Crippen MR) is 249 cm³/mol. The van der Waals surface area contributed by atoms with Gasteiger partial charge in [0, 0.05) is 38.1 Å². The van der Waals surface area contributed by atoms with Crippen LogP contribution >= 0.6 is 0 Å². The van der Waals surface area contributed by atoms with E-state index in [2.05, 4.69) is 172 Å². The minimum Gasteiger partial charge on any atom is -0.184 e. The molecular formula is C56H68Y-2. The average Bonchev–Trinajstić information content (AvgIpc) is 3.44. The van der Waals surface area contributed by atoms with E-state index in [1.807, 2.05) is 94.4 Å². The van der Waals surface area contributed by atoms with Gasteiger partial charge in [-0.15, -0.1) is 0 Å². The third kappa shape index (κ3) is 16.4. The van der Waals surface area contributed by atoms with Crippen LogP contribution in [0.15, 0.2) is 164 Å². The molecule has 8 rings (SSSR count). The van der Waals surface area contributed by atoms with E-state index >= 15 is 0 Å².